The first-order valence-electron chi connectivity index (χ1n) is 7.96. The van der Waals surface area contributed by atoms with Crippen molar-refractivity contribution >= 4 is 39.3 Å². The molecule has 0 radical (unpaired) electrons. The second kappa shape index (κ2) is 7.38. The van der Waals surface area contributed by atoms with E-state index >= 15 is 0 Å². The summed E-state index contributed by atoms with van der Waals surface area (Å²) >= 11 is 8.99. The summed E-state index contributed by atoms with van der Waals surface area (Å²) in [4.78, 5) is 24.9. The lowest BCUT2D eigenvalue weighted by atomic mass is 9.77. The number of alkyl halides is 3. The van der Waals surface area contributed by atoms with Crippen LogP contribution in [0, 0.1) is 5.92 Å². The van der Waals surface area contributed by atoms with Crippen LogP contribution in [-0.2, 0) is 0 Å². The number of carbonyl (C=O) groups is 2. The average molecular weight is 478 g/mol. The largest absolute Gasteiger partial charge is 0.437 e. The maximum Gasteiger partial charge on any atom is 0.437 e. The molecular formula is C18H13BrClF3N2O3. The van der Waals surface area contributed by atoms with Crippen molar-refractivity contribution in [3.05, 3.63) is 69.2 Å². The van der Waals surface area contributed by atoms with Gasteiger partial charge in [0, 0.05) is 15.1 Å². The van der Waals surface area contributed by atoms with Crippen molar-refractivity contribution < 1.29 is 27.9 Å². The molecular weight excluding hydrogens is 465 g/mol. The lowest BCUT2D eigenvalue weighted by Crippen LogP contribution is -2.72. The number of Topliss-reactive ketones (excluding diaryl/α,β-unsaturated/α-hetero) is 1. The summed E-state index contributed by atoms with van der Waals surface area (Å²) in [6, 6.07) is 8.59. The van der Waals surface area contributed by atoms with E-state index in [1.165, 1.54) is 41.7 Å². The molecule has 2 aromatic carbocycles. The number of urea groups is 1. The molecule has 1 heterocycles. The standard InChI is InChI=1S/C18H13BrClF3N2O3/c19-11-5-1-9(2-6-11)14-13(15(26)10-3-7-12(20)8-4-10)17(28,18(21,22)23)25-16(27)24-14/h1-8,13-14,28H,(H2,24,25,27)/t13-,14+,17-/m0/s1. The van der Waals surface area contributed by atoms with Gasteiger partial charge in [-0.05, 0) is 42.0 Å². The third kappa shape index (κ3) is 3.74. The van der Waals surface area contributed by atoms with Gasteiger partial charge in [0.15, 0.2) is 5.78 Å². The summed E-state index contributed by atoms with van der Waals surface area (Å²) in [5.74, 6) is -3.08. The van der Waals surface area contributed by atoms with Crippen molar-refractivity contribution in [2.24, 2.45) is 5.92 Å². The highest BCUT2D eigenvalue weighted by atomic mass is 79.9. The van der Waals surface area contributed by atoms with Crippen molar-refractivity contribution in [3.8, 4) is 0 Å². The Morgan fingerprint density at radius 3 is 2.21 bits per heavy atom. The Morgan fingerprint density at radius 2 is 1.68 bits per heavy atom. The van der Waals surface area contributed by atoms with Crippen LogP contribution in [0.2, 0.25) is 5.02 Å². The van der Waals surface area contributed by atoms with E-state index in [1.807, 2.05) is 0 Å². The number of ketones is 1. The molecule has 1 saturated heterocycles. The van der Waals surface area contributed by atoms with Crippen LogP contribution in [-0.4, -0.2) is 28.8 Å². The molecule has 28 heavy (non-hydrogen) atoms. The predicted molar refractivity (Wildman–Crippen MR) is 98.8 cm³/mol. The number of hydrogen-bond donors (Lipinski definition) is 3. The Morgan fingerprint density at radius 1 is 1.11 bits per heavy atom. The van der Waals surface area contributed by atoms with Crippen LogP contribution >= 0.6 is 27.5 Å². The van der Waals surface area contributed by atoms with Crippen LogP contribution in [0.1, 0.15) is 22.0 Å². The lowest BCUT2D eigenvalue weighted by Gasteiger charge is -2.45. The molecule has 1 fully saturated rings. The van der Waals surface area contributed by atoms with E-state index in [0.717, 1.165) is 0 Å². The minimum Gasteiger partial charge on any atom is -0.363 e. The molecule has 3 atom stereocenters. The Labute approximate surface area is 171 Å². The van der Waals surface area contributed by atoms with Crippen LogP contribution in [0.4, 0.5) is 18.0 Å². The first-order chi connectivity index (χ1) is 13.0. The van der Waals surface area contributed by atoms with Gasteiger partial charge in [-0.25, -0.2) is 4.79 Å². The molecule has 0 aromatic heterocycles. The second-order valence-corrected chi connectivity index (χ2v) is 7.59. The molecule has 3 N–H and O–H groups in total. The van der Waals surface area contributed by atoms with Crippen molar-refractivity contribution in [1.82, 2.24) is 10.6 Å². The lowest BCUT2D eigenvalue weighted by molar-refractivity contribution is -0.287. The smallest absolute Gasteiger partial charge is 0.363 e. The number of amides is 2. The maximum absolute atomic E-state index is 13.8. The van der Waals surface area contributed by atoms with Gasteiger partial charge in [0.1, 0.15) is 5.92 Å². The van der Waals surface area contributed by atoms with Gasteiger partial charge in [0.05, 0.1) is 6.04 Å². The van der Waals surface area contributed by atoms with Gasteiger partial charge in [-0.15, -0.1) is 0 Å². The zero-order valence-electron chi connectivity index (χ0n) is 13.9. The van der Waals surface area contributed by atoms with Crippen LogP contribution in [0.3, 0.4) is 0 Å². The molecule has 0 unspecified atom stereocenters. The minimum atomic E-state index is -5.30. The Balaban J connectivity index is 2.15. The Kier molecular flexibility index (Phi) is 5.44. The average Bonchev–Trinajstić information content (AvgIpc) is 2.61. The van der Waals surface area contributed by atoms with E-state index in [1.54, 1.807) is 12.1 Å². The molecule has 1 aliphatic rings. The summed E-state index contributed by atoms with van der Waals surface area (Å²) in [5, 5.41) is 14.6. The molecule has 0 bridgehead atoms. The molecule has 3 rings (SSSR count). The van der Waals surface area contributed by atoms with Gasteiger partial charge in [-0.1, -0.05) is 39.7 Å². The fourth-order valence-electron chi connectivity index (χ4n) is 3.08. The Hall–Kier alpha value is -2.10. The van der Waals surface area contributed by atoms with Crippen molar-refractivity contribution in [3.63, 3.8) is 0 Å². The summed E-state index contributed by atoms with van der Waals surface area (Å²) in [7, 11) is 0. The van der Waals surface area contributed by atoms with Crippen molar-refractivity contribution in [1.29, 1.82) is 0 Å². The monoisotopic (exact) mass is 476 g/mol. The van der Waals surface area contributed by atoms with Gasteiger partial charge < -0.3 is 15.7 Å². The minimum absolute atomic E-state index is 0.0860. The number of aliphatic hydroxyl groups is 1. The van der Waals surface area contributed by atoms with Crippen LogP contribution < -0.4 is 10.6 Å². The molecule has 2 aromatic rings. The van der Waals surface area contributed by atoms with E-state index in [9.17, 15) is 27.9 Å². The van der Waals surface area contributed by atoms with E-state index in [2.05, 4.69) is 21.2 Å². The van der Waals surface area contributed by atoms with E-state index in [4.69, 9.17) is 11.6 Å². The first-order valence-corrected chi connectivity index (χ1v) is 9.13. The van der Waals surface area contributed by atoms with Crippen molar-refractivity contribution in [2.75, 3.05) is 0 Å². The number of benzene rings is 2. The van der Waals surface area contributed by atoms with Crippen molar-refractivity contribution in [2.45, 2.75) is 17.9 Å². The number of hydrogen-bond acceptors (Lipinski definition) is 3. The zero-order chi connectivity index (χ0) is 20.7. The number of halogens is 5. The number of rotatable bonds is 3. The molecule has 10 heteroatoms. The molecule has 0 saturated carbocycles. The molecule has 2 amide bonds. The number of carbonyl (C=O) groups excluding carboxylic acids is 2. The van der Waals surface area contributed by atoms with Gasteiger partial charge in [0.25, 0.3) is 0 Å². The Bertz CT molecular complexity index is 906. The second-order valence-electron chi connectivity index (χ2n) is 6.24. The zero-order valence-corrected chi connectivity index (χ0v) is 16.3. The van der Waals surface area contributed by atoms with Crippen LogP contribution in [0.5, 0.6) is 0 Å². The highest BCUT2D eigenvalue weighted by Gasteiger charge is 2.66. The normalized spacial score (nSPS) is 25.0. The van der Waals surface area contributed by atoms with Gasteiger partial charge in [-0.3, -0.25) is 4.79 Å². The van der Waals surface area contributed by atoms with Gasteiger partial charge in [-0.2, -0.15) is 13.2 Å². The fourth-order valence-corrected chi connectivity index (χ4v) is 3.47. The molecule has 0 aliphatic carbocycles. The molecule has 0 spiro atoms. The predicted octanol–water partition coefficient (Wildman–Crippen LogP) is 4.21. The molecule has 1 aliphatic heterocycles. The third-order valence-corrected chi connectivity index (χ3v) is 5.23. The van der Waals surface area contributed by atoms with E-state index in [0.29, 0.717) is 9.50 Å². The first kappa shape index (κ1) is 20.6. The summed E-state index contributed by atoms with van der Waals surface area (Å²) in [6.07, 6.45) is -5.30. The summed E-state index contributed by atoms with van der Waals surface area (Å²) in [5.41, 5.74) is -3.62. The third-order valence-electron chi connectivity index (χ3n) is 4.45. The summed E-state index contributed by atoms with van der Waals surface area (Å²) < 4.78 is 42.0. The van der Waals surface area contributed by atoms with E-state index < -0.39 is 35.7 Å². The van der Waals surface area contributed by atoms with Gasteiger partial charge in [0.2, 0.25) is 5.72 Å². The highest BCUT2D eigenvalue weighted by molar-refractivity contribution is 9.10. The van der Waals surface area contributed by atoms with Crippen LogP contribution in [0.15, 0.2) is 53.0 Å². The fraction of sp³-hybridized carbons (Fsp3) is 0.222. The topological polar surface area (TPSA) is 78.4 Å². The van der Waals surface area contributed by atoms with Gasteiger partial charge >= 0.3 is 12.2 Å². The van der Waals surface area contributed by atoms with Crippen LogP contribution in [0.25, 0.3) is 0 Å². The summed E-state index contributed by atoms with van der Waals surface area (Å²) in [6.45, 7) is 0. The van der Waals surface area contributed by atoms with E-state index in [-0.39, 0.29) is 11.1 Å². The molecule has 148 valence electrons. The quantitative estimate of drug-likeness (QED) is 0.580. The molecule has 5 nitrogen and oxygen atoms in total. The SMILES string of the molecule is O=C1N[C@H](c2ccc(Br)cc2)[C@@H](C(=O)c2ccc(Cl)cc2)[C@](O)(C(F)(F)F)N1. The highest BCUT2D eigenvalue weighted by Crippen LogP contribution is 2.44. The maximum atomic E-state index is 13.8. The number of nitrogens with one attached hydrogen (secondary N) is 2.